The van der Waals surface area contributed by atoms with Gasteiger partial charge in [0.05, 0.1) is 6.61 Å². The fraction of sp³-hybridized carbons (Fsp3) is 1.00. The van der Waals surface area contributed by atoms with Gasteiger partial charge in [-0.25, -0.2) is 0 Å². The maximum absolute atomic E-state index is 9.84. The number of unbranched alkanes of at least 4 members (excludes halogenated alkanes) is 1. The summed E-state index contributed by atoms with van der Waals surface area (Å²) in [6.45, 7) is 2.60. The van der Waals surface area contributed by atoms with Crippen LogP contribution in [0.1, 0.15) is 58.3 Å². The second kappa shape index (κ2) is 7.16. The zero-order valence-electron chi connectivity index (χ0n) is 11.8. The quantitative estimate of drug-likeness (QED) is 0.632. The van der Waals surface area contributed by atoms with Crippen LogP contribution < -0.4 is 5.32 Å². The van der Waals surface area contributed by atoms with Crippen molar-refractivity contribution in [1.82, 2.24) is 5.32 Å². The van der Waals surface area contributed by atoms with Crippen molar-refractivity contribution in [2.24, 2.45) is 5.92 Å². The molecule has 0 aromatic carbocycles. The summed E-state index contributed by atoms with van der Waals surface area (Å²) in [7, 11) is 0. The van der Waals surface area contributed by atoms with Gasteiger partial charge in [0, 0.05) is 11.6 Å². The van der Waals surface area contributed by atoms with Gasteiger partial charge in [0.1, 0.15) is 0 Å². The topological polar surface area (TPSA) is 32.3 Å². The largest absolute Gasteiger partial charge is 0.394 e. The lowest BCUT2D eigenvalue weighted by atomic mass is 9.85. The average molecular weight is 271 g/mol. The SMILES string of the molecule is CCCCSCCC1CCCC1(CO)NC1CC1. The van der Waals surface area contributed by atoms with Crippen molar-refractivity contribution in [3.63, 3.8) is 0 Å². The van der Waals surface area contributed by atoms with Crippen molar-refractivity contribution in [1.29, 1.82) is 0 Å². The van der Waals surface area contributed by atoms with Gasteiger partial charge in [-0.2, -0.15) is 11.8 Å². The molecule has 0 aromatic heterocycles. The number of aliphatic hydroxyl groups excluding tert-OH is 1. The summed E-state index contributed by atoms with van der Waals surface area (Å²) in [6.07, 6.45) is 10.4. The van der Waals surface area contributed by atoms with E-state index < -0.39 is 0 Å². The molecule has 0 spiro atoms. The molecular formula is C15H29NOS. The summed E-state index contributed by atoms with van der Waals surface area (Å²) in [6, 6.07) is 0.713. The molecule has 2 nitrogen and oxygen atoms in total. The molecule has 2 N–H and O–H groups in total. The minimum absolute atomic E-state index is 0.0759. The molecule has 0 bridgehead atoms. The highest BCUT2D eigenvalue weighted by molar-refractivity contribution is 7.99. The highest BCUT2D eigenvalue weighted by atomic mass is 32.2. The summed E-state index contributed by atoms with van der Waals surface area (Å²) in [5.41, 5.74) is 0.0759. The Labute approximate surface area is 116 Å². The first-order valence-electron chi connectivity index (χ1n) is 7.77. The van der Waals surface area contributed by atoms with Gasteiger partial charge >= 0.3 is 0 Å². The van der Waals surface area contributed by atoms with E-state index in [0.717, 1.165) is 0 Å². The zero-order valence-corrected chi connectivity index (χ0v) is 12.6. The van der Waals surface area contributed by atoms with E-state index in [1.807, 2.05) is 0 Å². The third kappa shape index (κ3) is 3.88. The van der Waals surface area contributed by atoms with Crippen LogP contribution in [0.15, 0.2) is 0 Å². The van der Waals surface area contributed by atoms with Crippen LogP contribution in [0.4, 0.5) is 0 Å². The Balaban J connectivity index is 1.74. The molecule has 2 fully saturated rings. The van der Waals surface area contributed by atoms with Gasteiger partial charge in [0.25, 0.3) is 0 Å². The number of rotatable bonds is 9. The first kappa shape index (κ1) is 14.7. The van der Waals surface area contributed by atoms with Gasteiger partial charge in [-0.1, -0.05) is 19.8 Å². The second-order valence-electron chi connectivity index (χ2n) is 6.08. The van der Waals surface area contributed by atoms with E-state index in [0.29, 0.717) is 18.6 Å². The van der Waals surface area contributed by atoms with Gasteiger partial charge in [-0.15, -0.1) is 0 Å². The monoisotopic (exact) mass is 271 g/mol. The summed E-state index contributed by atoms with van der Waals surface area (Å²) in [4.78, 5) is 0. The first-order chi connectivity index (χ1) is 8.80. The van der Waals surface area contributed by atoms with Crippen LogP contribution in [0, 0.1) is 5.92 Å². The fourth-order valence-corrected chi connectivity index (χ4v) is 4.37. The molecule has 0 radical (unpaired) electrons. The Morgan fingerprint density at radius 1 is 1.28 bits per heavy atom. The molecule has 2 rings (SSSR count). The standard InChI is InChI=1S/C15H29NOS/c1-2-3-10-18-11-8-13-5-4-9-15(13,12-17)16-14-6-7-14/h13-14,16-17H,2-12H2,1H3. The van der Waals surface area contributed by atoms with E-state index in [4.69, 9.17) is 0 Å². The molecule has 2 unspecified atom stereocenters. The Bertz CT molecular complexity index is 245. The van der Waals surface area contributed by atoms with Crippen LogP contribution in [0.2, 0.25) is 0 Å². The Morgan fingerprint density at radius 2 is 2.11 bits per heavy atom. The van der Waals surface area contributed by atoms with Gasteiger partial charge < -0.3 is 10.4 Å². The molecular weight excluding hydrogens is 242 g/mol. The number of thioether (sulfide) groups is 1. The maximum atomic E-state index is 9.84. The molecule has 0 aromatic rings. The number of hydrogen-bond acceptors (Lipinski definition) is 3. The minimum atomic E-state index is 0.0759. The van der Waals surface area contributed by atoms with Gasteiger partial charge in [0.15, 0.2) is 0 Å². The minimum Gasteiger partial charge on any atom is -0.394 e. The third-order valence-corrected chi connectivity index (χ3v) is 5.66. The van der Waals surface area contributed by atoms with Crippen molar-refractivity contribution >= 4 is 11.8 Å². The summed E-state index contributed by atoms with van der Waals surface area (Å²) >= 11 is 2.10. The van der Waals surface area contributed by atoms with Crippen molar-refractivity contribution in [3.8, 4) is 0 Å². The van der Waals surface area contributed by atoms with Gasteiger partial charge in [-0.3, -0.25) is 0 Å². The van der Waals surface area contributed by atoms with E-state index in [2.05, 4.69) is 24.0 Å². The normalized spacial score (nSPS) is 32.0. The molecule has 3 heteroatoms. The van der Waals surface area contributed by atoms with E-state index >= 15 is 0 Å². The van der Waals surface area contributed by atoms with Crippen LogP contribution in [-0.2, 0) is 0 Å². The summed E-state index contributed by atoms with van der Waals surface area (Å²) in [5.74, 6) is 3.29. The van der Waals surface area contributed by atoms with Crippen LogP contribution >= 0.6 is 11.8 Å². The van der Waals surface area contributed by atoms with E-state index in [-0.39, 0.29) is 5.54 Å². The average Bonchev–Trinajstić information content (AvgIpc) is 3.10. The number of nitrogens with one attached hydrogen (secondary N) is 1. The Kier molecular flexibility index (Phi) is 5.84. The van der Waals surface area contributed by atoms with Crippen LogP contribution in [0.25, 0.3) is 0 Å². The van der Waals surface area contributed by atoms with E-state index in [9.17, 15) is 5.11 Å². The van der Waals surface area contributed by atoms with Crippen molar-refractivity contribution < 1.29 is 5.11 Å². The van der Waals surface area contributed by atoms with Crippen LogP contribution in [-0.4, -0.2) is 34.8 Å². The molecule has 2 saturated carbocycles. The predicted octanol–water partition coefficient (Wildman–Crippen LogP) is 3.19. The van der Waals surface area contributed by atoms with Gasteiger partial charge in [-0.05, 0) is 55.9 Å². The molecule has 0 saturated heterocycles. The lowest BCUT2D eigenvalue weighted by molar-refractivity contribution is 0.120. The van der Waals surface area contributed by atoms with E-state index in [1.165, 1.54) is 62.9 Å². The number of hydrogen-bond donors (Lipinski definition) is 2. The molecule has 18 heavy (non-hydrogen) atoms. The highest BCUT2D eigenvalue weighted by Crippen LogP contribution is 2.40. The van der Waals surface area contributed by atoms with Crippen molar-refractivity contribution in [3.05, 3.63) is 0 Å². The first-order valence-corrected chi connectivity index (χ1v) is 8.92. The Hall–Kier alpha value is 0.270. The molecule has 0 aliphatic heterocycles. The molecule has 2 atom stereocenters. The van der Waals surface area contributed by atoms with Crippen LogP contribution in [0.5, 0.6) is 0 Å². The lowest BCUT2D eigenvalue weighted by Crippen LogP contribution is -2.52. The van der Waals surface area contributed by atoms with Crippen molar-refractivity contribution in [2.75, 3.05) is 18.1 Å². The maximum Gasteiger partial charge on any atom is 0.0616 e. The second-order valence-corrected chi connectivity index (χ2v) is 7.30. The molecule has 0 heterocycles. The fourth-order valence-electron chi connectivity index (χ4n) is 3.22. The van der Waals surface area contributed by atoms with Gasteiger partial charge in [0.2, 0.25) is 0 Å². The smallest absolute Gasteiger partial charge is 0.0616 e. The summed E-state index contributed by atoms with van der Waals surface area (Å²) in [5, 5.41) is 13.6. The molecule has 106 valence electrons. The Morgan fingerprint density at radius 3 is 2.78 bits per heavy atom. The predicted molar refractivity (Wildman–Crippen MR) is 80.2 cm³/mol. The zero-order chi connectivity index (χ0) is 12.8. The van der Waals surface area contributed by atoms with Crippen molar-refractivity contribution in [2.45, 2.75) is 69.9 Å². The van der Waals surface area contributed by atoms with E-state index in [1.54, 1.807) is 0 Å². The number of aliphatic hydroxyl groups is 1. The van der Waals surface area contributed by atoms with Crippen LogP contribution in [0.3, 0.4) is 0 Å². The molecule has 0 amide bonds. The summed E-state index contributed by atoms with van der Waals surface area (Å²) < 4.78 is 0. The molecule has 2 aliphatic rings. The molecule has 2 aliphatic carbocycles. The lowest BCUT2D eigenvalue weighted by Gasteiger charge is -2.35. The third-order valence-electron chi connectivity index (χ3n) is 4.56. The highest BCUT2D eigenvalue weighted by Gasteiger charge is 2.44.